The zero-order valence-corrected chi connectivity index (χ0v) is 13.2. The highest BCUT2D eigenvalue weighted by Crippen LogP contribution is 2.16. The van der Waals surface area contributed by atoms with Gasteiger partial charge in [0.15, 0.2) is 5.96 Å². The van der Waals surface area contributed by atoms with Crippen molar-refractivity contribution in [1.82, 2.24) is 5.32 Å². The van der Waals surface area contributed by atoms with Gasteiger partial charge in [0.2, 0.25) is 0 Å². The molecule has 0 aromatic heterocycles. The molecular formula is C15H25N3OS. The van der Waals surface area contributed by atoms with Crippen LogP contribution in [0.15, 0.2) is 29.3 Å². The van der Waals surface area contributed by atoms with Crippen molar-refractivity contribution >= 4 is 17.7 Å². The first-order chi connectivity index (χ1) is 9.76. The van der Waals surface area contributed by atoms with Crippen molar-refractivity contribution in [3.05, 3.63) is 29.8 Å². The smallest absolute Gasteiger partial charge is 0.188 e. The van der Waals surface area contributed by atoms with Gasteiger partial charge < -0.3 is 15.8 Å². The van der Waals surface area contributed by atoms with E-state index < -0.39 is 0 Å². The lowest BCUT2D eigenvalue weighted by molar-refractivity contribution is 0.309. The van der Waals surface area contributed by atoms with E-state index in [1.54, 1.807) is 7.05 Å². The topological polar surface area (TPSA) is 59.6 Å². The third-order valence-corrected chi connectivity index (χ3v) is 3.78. The van der Waals surface area contributed by atoms with E-state index in [4.69, 9.17) is 10.5 Å². The maximum absolute atomic E-state index is 5.64. The third-order valence-electron chi connectivity index (χ3n) is 2.75. The Balaban J connectivity index is 2.18. The molecule has 0 heterocycles. The fourth-order valence-corrected chi connectivity index (χ4v) is 2.36. The van der Waals surface area contributed by atoms with Crippen LogP contribution in [0.25, 0.3) is 0 Å². The lowest BCUT2D eigenvalue weighted by atomic mass is 10.2. The Morgan fingerprint density at radius 2 is 2.10 bits per heavy atom. The zero-order chi connectivity index (χ0) is 14.6. The number of rotatable bonds is 9. The molecule has 0 saturated heterocycles. The Morgan fingerprint density at radius 3 is 2.75 bits per heavy atom. The molecule has 112 valence electrons. The number of benzene rings is 1. The molecule has 0 aliphatic carbocycles. The summed E-state index contributed by atoms with van der Waals surface area (Å²) in [4.78, 5) is 3.84. The van der Waals surface area contributed by atoms with E-state index in [1.807, 2.05) is 23.9 Å². The van der Waals surface area contributed by atoms with Gasteiger partial charge in [-0.15, -0.1) is 0 Å². The number of guanidine groups is 1. The minimum atomic E-state index is 0.499. The number of nitrogens with zero attached hydrogens (tertiary/aromatic N) is 1. The van der Waals surface area contributed by atoms with Gasteiger partial charge in [-0.3, -0.25) is 4.99 Å². The average molecular weight is 295 g/mol. The highest BCUT2D eigenvalue weighted by atomic mass is 32.2. The van der Waals surface area contributed by atoms with E-state index >= 15 is 0 Å². The minimum absolute atomic E-state index is 0.499. The van der Waals surface area contributed by atoms with Crippen LogP contribution in [0.2, 0.25) is 0 Å². The first-order valence-corrected chi connectivity index (χ1v) is 8.17. The summed E-state index contributed by atoms with van der Waals surface area (Å²) in [7, 11) is 1.68. The number of thioether (sulfide) groups is 1. The van der Waals surface area contributed by atoms with Crippen LogP contribution in [0.1, 0.15) is 25.3 Å². The largest absolute Gasteiger partial charge is 0.494 e. The molecule has 0 saturated carbocycles. The summed E-state index contributed by atoms with van der Waals surface area (Å²) < 4.78 is 5.64. The summed E-state index contributed by atoms with van der Waals surface area (Å²) >= 11 is 1.87. The molecule has 0 fully saturated rings. The predicted molar refractivity (Wildman–Crippen MR) is 88.6 cm³/mol. The van der Waals surface area contributed by atoms with Crippen molar-refractivity contribution < 1.29 is 4.74 Å². The zero-order valence-electron chi connectivity index (χ0n) is 12.4. The molecule has 0 amide bonds. The summed E-state index contributed by atoms with van der Waals surface area (Å²) in [5.74, 6) is 3.46. The average Bonchev–Trinajstić information content (AvgIpc) is 2.48. The van der Waals surface area contributed by atoms with E-state index in [0.29, 0.717) is 5.96 Å². The van der Waals surface area contributed by atoms with Crippen LogP contribution in [-0.4, -0.2) is 31.9 Å². The molecule has 20 heavy (non-hydrogen) atoms. The number of ether oxygens (including phenoxy) is 1. The van der Waals surface area contributed by atoms with E-state index in [-0.39, 0.29) is 0 Å². The maximum Gasteiger partial charge on any atom is 0.188 e. The Bertz CT molecular complexity index is 393. The normalized spacial score (nSPS) is 11.4. The molecule has 1 rings (SSSR count). The molecule has 1 aromatic rings. The van der Waals surface area contributed by atoms with Gasteiger partial charge in [-0.2, -0.15) is 11.8 Å². The van der Waals surface area contributed by atoms with Crippen LogP contribution in [0, 0.1) is 0 Å². The molecule has 0 bridgehead atoms. The monoisotopic (exact) mass is 295 g/mol. The Labute approximate surface area is 126 Å². The summed E-state index contributed by atoms with van der Waals surface area (Å²) in [5.41, 5.74) is 6.86. The second-order valence-electron chi connectivity index (χ2n) is 4.43. The molecule has 0 unspecified atom stereocenters. The van der Waals surface area contributed by atoms with Crippen molar-refractivity contribution in [2.75, 3.05) is 26.0 Å². The predicted octanol–water partition coefficient (Wildman–Crippen LogP) is 2.63. The fourth-order valence-electron chi connectivity index (χ4n) is 1.54. The van der Waals surface area contributed by atoms with E-state index in [1.165, 1.54) is 5.56 Å². The molecule has 0 radical (unpaired) electrons. The van der Waals surface area contributed by atoms with Crippen molar-refractivity contribution in [2.45, 2.75) is 25.5 Å². The van der Waals surface area contributed by atoms with Crippen LogP contribution in [-0.2, 0) is 5.75 Å². The number of hydrogen-bond acceptors (Lipinski definition) is 3. The first kappa shape index (κ1) is 16.7. The minimum Gasteiger partial charge on any atom is -0.494 e. The molecule has 5 heteroatoms. The van der Waals surface area contributed by atoms with E-state index in [2.05, 4.69) is 29.4 Å². The Kier molecular flexibility index (Phi) is 8.71. The standard InChI is InChI=1S/C15H25N3OS/c1-3-4-10-19-14-7-5-13(6-8-14)12-20-11-9-18-15(16)17-2/h5-8H,3-4,9-12H2,1-2H3,(H3,16,17,18). The summed E-state index contributed by atoms with van der Waals surface area (Å²) in [6, 6.07) is 8.35. The Morgan fingerprint density at radius 1 is 1.35 bits per heavy atom. The van der Waals surface area contributed by atoms with Crippen LogP contribution < -0.4 is 15.8 Å². The van der Waals surface area contributed by atoms with E-state index in [9.17, 15) is 0 Å². The highest BCUT2D eigenvalue weighted by Gasteiger charge is 1.97. The molecule has 0 spiro atoms. The molecule has 3 N–H and O–H groups in total. The van der Waals surface area contributed by atoms with Gasteiger partial charge in [0.1, 0.15) is 5.75 Å². The lowest BCUT2D eigenvalue weighted by Gasteiger charge is -2.07. The number of hydrogen-bond donors (Lipinski definition) is 2. The summed E-state index contributed by atoms with van der Waals surface area (Å²) in [5, 5.41) is 3.04. The number of aliphatic imine (C=N–C) groups is 1. The maximum atomic E-state index is 5.64. The van der Waals surface area contributed by atoms with Gasteiger partial charge in [-0.05, 0) is 24.1 Å². The summed E-state index contributed by atoms with van der Waals surface area (Å²) in [6.45, 7) is 3.81. The van der Waals surface area contributed by atoms with Crippen LogP contribution in [0.5, 0.6) is 5.75 Å². The molecule has 0 aliphatic heterocycles. The molecule has 1 aromatic carbocycles. The second-order valence-corrected chi connectivity index (χ2v) is 5.54. The number of nitrogens with one attached hydrogen (secondary N) is 1. The molecular weight excluding hydrogens is 270 g/mol. The third kappa shape index (κ3) is 7.28. The van der Waals surface area contributed by atoms with Gasteiger partial charge >= 0.3 is 0 Å². The highest BCUT2D eigenvalue weighted by molar-refractivity contribution is 7.98. The van der Waals surface area contributed by atoms with Crippen molar-refractivity contribution in [2.24, 2.45) is 10.7 Å². The van der Waals surface area contributed by atoms with Gasteiger partial charge in [0, 0.05) is 25.1 Å². The summed E-state index contributed by atoms with van der Waals surface area (Å²) in [6.07, 6.45) is 2.27. The number of nitrogens with two attached hydrogens (primary N) is 1. The molecule has 0 aliphatic rings. The van der Waals surface area contributed by atoms with Gasteiger partial charge in [-0.1, -0.05) is 25.5 Å². The van der Waals surface area contributed by atoms with Crippen LogP contribution >= 0.6 is 11.8 Å². The number of unbranched alkanes of at least 4 members (excludes halogenated alkanes) is 1. The molecule has 0 atom stereocenters. The van der Waals surface area contributed by atoms with Crippen LogP contribution in [0.3, 0.4) is 0 Å². The van der Waals surface area contributed by atoms with Crippen molar-refractivity contribution in [3.63, 3.8) is 0 Å². The van der Waals surface area contributed by atoms with Crippen molar-refractivity contribution in [1.29, 1.82) is 0 Å². The van der Waals surface area contributed by atoms with Gasteiger partial charge in [0.25, 0.3) is 0 Å². The second kappa shape index (κ2) is 10.4. The fraction of sp³-hybridized carbons (Fsp3) is 0.533. The Hall–Kier alpha value is -1.36. The first-order valence-electron chi connectivity index (χ1n) is 7.02. The van der Waals surface area contributed by atoms with Gasteiger partial charge in [0.05, 0.1) is 6.61 Å². The van der Waals surface area contributed by atoms with Crippen molar-refractivity contribution in [3.8, 4) is 5.75 Å². The lowest BCUT2D eigenvalue weighted by Crippen LogP contribution is -2.32. The SMILES string of the molecule is CCCCOc1ccc(CSCCNC(N)=NC)cc1. The molecule has 4 nitrogen and oxygen atoms in total. The van der Waals surface area contributed by atoms with Crippen LogP contribution in [0.4, 0.5) is 0 Å². The van der Waals surface area contributed by atoms with Gasteiger partial charge in [-0.25, -0.2) is 0 Å². The van der Waals surface area contributed by atoms with E-state index in [0.717, 1.165) is 43.2 Å². The quantitative estimate of drug-likeness (QED) is 0.418.